The minimum atomic E-state index is -1.12. The lowest BCUT2D eigenvalue weighted by Crippen LogP contribution is -2.51. The molecule has 1 heterocycles. The molecule has 17 heavy (non-hydrogen) atoms. The molecule has 0 aromatic rings. The number of aliphatic carboxylic acids is 1. The van der Waals surface area contributed by atoms with Gasteiger partial charge >= 0.3 is 5.97 Å². The van der Waals surface area contributed by atoms with Gasteiger partial charge in [0.2, 0.25) is 11.8 Å². The van der Waals surface area contributed by atoms with E-state index in [9.17, 15) is 14.4 Å². The van der Waals surface area contributed by atoms with E-state index in [-0.39, 0.29) is 18.4 Å². The van der Waals surface area contributed by atoms with E-state index < -0.39 is 17.9 Å². The zero-order valence-electron chi connectivity index (χ0n) is 10.1. The predicted molar refractivity (Wildman–Crippen MR) is 60.2 cm³/mol. The molecule has 2 amide bonds. The van der Waals surface area contributed by atoms with E-state index in [1.165, 1.54) is 11.8 Å². The van der Waals surface area contributed by atoms with Crippen molar-refractivity contribution in [3.63, 3.8) is 0 Å². The van der Waals surface area contributed by atoms with Crippen LogP contribution in [0.25, 0.3) is 0 Å². The van der Waals surface area contributed by atoms with Crippen LogP contribution in [0.3, 0.4) is 0 Å². The summed E-state index contributed by atoms with van der Waals surface area (Å²) >= 11 is 0. The van der Waals surface area contributed by atoms with Crippen LogP contribution in [0.4, 0.5) is 0 Å². The molecule has 2 N–H and O–H groups in total. The van der Waals surface area contributed by atoms with Crippen molar-refractivity contribution in [3.8, 4) is 0 Å². The van der Waals surface area contributed by atoms with E-state index in [0.717, 1.165) is 12.8 Å². The quantitative estimate of drug-likeness (QED) is 0.717. The van der Waals surface area contributed by atoms with Crippen molar-refractivity contribution in [1.29, 1.82) is 0 Å². The number of nitrogens with one attached hydrogen (secondary N) is 1. The van der Waals surface area contributed by atoms with Gasteiger partial charge < -0.3 is 15.3 Å². The summed E-state index contributed by atoms with van der Waals surface area (Å²) in [6.45, 7) is 3.70. The van der Waals surface area contributed by atoms with Gasteiger partial charge in [0.05, 0.1) is 6.54 Å². The number of piperidine rings is 1. The minimum Gasteiger partial charge on any atom is -0.480 e. The van der Waals surface area contributed by atoms with E-state index in [2.05, 4.69) is 5.32 Å². The Labute approximate surface area is 100.0 Å². The number of carbonyl (C=O) groups is 3. The molecule has 1 aliphatic rings. The fourth-order valence-electron chi connectivity index (χ4n) is 1.97. The number of hydrogen-bond donors (Lipinski definition) is 2. The summed E-state index contributed by atoms with van der Waals surface area (Å²) in [5, 5.41) is 11.3. The molecule has 1 rings (SSSR count). The third kappa shape index (κ3) is 3.72. The first-order valence-corrected chi connectivity index (χ1v) is 5.70. The molecule has 0 aliphatic carbocycles. The van der Waals surface area contributed by atoms with E-state index in [1.807, 2.05) is 6.92 Å². The molecule has 0 saturated carbocycles. The molecule has 2 unspecified atom stereocenters. The van der Waals surface area contributed by atoms with Crippen LogP contribution < -0.4 is 5.32 Å². The zero-order chi connectivity index (χ0) is 13.0. The third-order valence-electron chi connectivity index (χ3n) is 2.88. The standard InChI is InChI=1S/C11H18N2O4/c1-7-4-3-5-13(10(7)15)6-9(11(16)17)12-8(2)14/h7,9H,3-6H2,1-2H3,(H,12,14)(H,16,17). The summed E-state index contributed by atoms with van der Waals surface area (Å²) in [4.78, 5) is 35.1. The Hall–Kier alpha value is -1.59. The normalized spacial score (nSPS) is 22.1. The van der Waals surface area contributed by atoms with Gasteiger partial charge in [0.15, 0.2) is 0 Å². The Balaban J connectivity index is 2.62. The van der Waals surface area contributed by atoms with Crippen molar-refractivity contribution in [2.75, 3.05) is 13.1 Å². The van der Waals surface area contributed by atoms with Crippen LogP contribution in [0, 0.1) is 5.92 Å². The van der Waals surface area contributed by atoms with Gasteiger partial charge in [0.25, 0.3) is 0 Å². The number of carbonyl (C=O) groups excluding carboxylic acids is 2. The molecule has 0 bridgehead atoms. The van der Waals surface area contributed by atoms with E-state index in [1.54, 1.807) is 0 Å². The van der Waals surface area contributed by atoms with Gasteiger partial charge in [0, 0.05) is 19.4 Å². The molecule has 2 atom stereocenters. The Morgan fingerprint density at radius 2 is 2.24 bits per heavy atom. The molecule has 0 aromatic carbocycles. The van der Waals surface area contributed by atoms with Crippen molar-refractivity contribution in [1.82, 2.24) is 10.2 Å². The molecule has 0 aromatic heterocycles. The Bertz CT molecular complexity index is 329. The van der Waals surface area contributed by atoms with Crippen LogP contribution in [-0.2, 0) is 14.4 Å². The third-order valence-corrected chi connectivity index (χ3v) is 2.88. The van der Waals surface area contributed by atoms with E-state index in [0.29, 0.717) is 6.54 Å². The summed E-state index contributed by atoms with van der Waals surface area (Å²) in [6, 6.07) is -1.03. The molecule has 6 heteroatoms. The molecule has 0 spiro atoms. The summed E-state index contributed by atoms with van der Waals surface area (Å²) in [5.74, 6) is -1.62. The lowest BCUT2D eigenvalue weighted by atomic mass is 9.99. The second-order valence-corrected chi connectivity index (χ2v) is 4.42. The van der Waals surface area contributed by atoms with Gasteiger partial charge in [-0.3, -0.25) is 9.59 Å². The number of carboxylic acid groups (broad SMARTS) is 1. The summed E-state index contributed by atoms with van der Waals surface area (Å²) in [7, 11) is 0. The average molecular weight is 242 g/mol. The van der Waals surface area contributed by atoms with Crippen LogP contribution >= 0.6 is 0 Å². The molecule has 0 radical (unpaired) electrons. The van der Waals surface area contributed by atoms with Gasteiger partial charge in [-0.2, -0.15) is 0 Å². The number of rotatable bonds is 4. The van der Waals surface area contributed by atoms with Crippen LogP contribution in [0.15, 0.2) is 0 Å². The smallest absolute Gasteiger partial charge is 0.328 e. The van der Waals surface area contributed by atoms with E-state index >= 15 is 0 Å². The van der Waals surface area contributed by atoms with Gasteiger partial charge in [0.1, 0.15) is 6.04 Å². The topological polar surface area (TPSA) is 86.7 Å². The number of likely N-dealkylation sites (tertiary alicyclic amines) is 1. The first-order valence-electron chi connectivity index (χ1n) is 5.70. The van der Waals surface area contributed by atoms with Crippen molar-refractivity contribution in [2.45, 2.75) is 32.7 Å². The van der Waals surface area contributed by atoms with Gasteiger partial charge in [-0.25, -0.2) is 4.79 Å². The first-order chi connectivity index (χ1) is 7.91. The van der Waals surface area contributed by atoms with Crippen molar-refractivity contribution in [2.24, 2.45) is 5.92 Å². The minimum absolute atomic E-state index is 0.0344. The van der Waals surface area contributed by atoms with Crippen molar-refractivity contribution < 1.29 is 19.5 Å². The molecule has 1 fully saturated rings. The fraction of sp³-hybridized carbons (Fsp3) is 0.727. The Kier molecular flexibility index (Phi) is 4.48. The second kappa shape index (κ2) is 5.65. The number of carboxylic acids is 1. The number of amides is 2. The highest BCUT2D eigenvalue weighted by Crippen LogP contribution is 2.17. The van der Waals surface area contributed by atoms with Crippen LogP contribution in [-0.4, -0.2) is 46.9 Å². The Morgan fingerprint density at radius 1 is 1.59 bits per heavy atom. The van der Waals surface area contributed by atoms with Gasteiger partial charge in [-0.1, -0.05) is 6.92 Å². The lowest BCUT2D eigenvalue weighted by Gasteiger charge is -2.32. The lowest BCUT2D eigenvalue weighted by molar-refractivity contribution is -0.145. The van der Waals surface area contributed by atoms with E-state index in [4.69, 9.17) is 5.11 Å². The monoisotopic (exact) mass is 242 g/mol. The molecule has 1 saturated heterocycles. The molecular formula is C11H18N2O4. The summed E-state index contributed by atoms with van der Waals surface area (Å²) < 4.78 is 0. The highest BCUT2D eigenvalue weighted by Gasteiger charge is 2.29. The van der Waals surface area contributed by atoms with Crippen LogP contribution in [0.5, 0.6) is 0 Å². The summed E-state index contributed by atoms with van der Waals surface area (Å²) in [5.41, 5.74) is 0. The van der Waals surface area contributed by atoms with Crippen molar-refractivity contribution in [3.05, 3.63) is 0 Å². The maximum atomic E-state index is 11.8. The average Bonchev–Trinajstić information content (AvgIpc) is 2.22. The van der Waals surface area contributed by atoms with Crippen LogP contribution in [0.1, 0.15) is 26.7 Å². The maximum absolute atomic E-state index is 11.8. The zero-order valence-corrected chi connectivity index (χ0v) is 10.1. The first kappa shape index (κ1) is 13.5. The highest BCUT2D eigenvalue weighted by molar-refractivity contribution is 5.84. The van der Waals surface area contributed by atoms with Gasteiger partial charge in [-0.15, -0.1) is 0 Å². The number of hydrogen-bond acceptors (Lipinski definition) is 3. The van der Waals surface area contributed by atoms with Crippen molar-refractivity contribution >= 4 is 17.8 Å². The van der Waals surface area contributed by atoms with Gasteiger partial charge in [-0.05, 0) is 12.8 Å². The fourth-order valence-corrected chi connectivity index (χ4v) is 1.97. The molecular weight excluding hydrogens is 224 g/mol. The second-order valence-electron chi connectivity index (χ2n) is 4.42. The SMILES string of the molecule is CC(=O)NC(CN1CCCC(C)C1=O)C(=O)O. The Morgan fingerprint density at radius 3 is 2.76 bits per heavy atom. The maximum Gasteiger partial charge on any atom is 0.328 e. The number of nitrogens with zero attached hydrogens (tertiary/aromatic N) is 1. The largest absolute Gasteiger partial charge is 0.480 e. The predicted octanol–water partition coefficient (Wildman–Crippen LogP) is -0.166. The molecule has 96 valence electrons. The summed E-state index contributed by atoms with van der Waals surface area (Å²) in [6.07, 6.45) is 1.71. The highest BCUT2D eigenvalue weighted by atomic mass is 16.4. The molecule has 6 nitrogen and oxygen atoms in total. The van der Waals surface area contributed by atoms with Crippen LogP contribution in [0.2, 0.25) is 0 Å². The molecule has 1 aliphatic heterocycles.